The van der Waals surface area contributed by atoms with Crippen LogP contribution in [0.4, 0.5) is 11.4 Å². The summed E-state index contributed by atoms with van der Waals surface area (Å²) in [5, 5.41) is 10.8. The van der Waals surface area contributed by atoms with Crippen LogP contribution in [0.5, 0.6) is 0 Å². The van der Waals surface area contributed by atoms with Crippen molar-refractivity contribution < 1.29 is 18.1 Å². The molecule has 1 aliphatic heterocycles. The number of sulfonamides is 1. The van der Waals surface area contributed by atoms with E-state index in [1.54, 1.807) is 0 Å². The quantitative estimate of drug-likeness (QED) is 0.572. The molecule has 0 bridgehead atoms. The number of hydrogen-bond donors (Lipinski definition) is 1. The van der Waals surface area contributed by atoms with Crippen LogP contribution in [0, 0.1) is 10.1 Å². The van der Waals surface area contributed by atoms with Gasteiger partial charge in [0.2, 0.25) is 10.0 Å². The van der Waals surface area contributed by atoms with Crippen LogP contribution in [0.2, 0.25) is 0 Å². The van der Waals surface area contributed by atoms with E-state index in [9.17, 15) is 18.5 Å². The van der Waals surface area contributed by atoms with E-state index in [4.69, 9.17) is 4.74 Å². The Labute approximate surface area is 158 Å². The molecule has 9 heteroatoms. The highest BCUT2D eigenvalue weighted by Gasteiger charge is 2.17. The van der Waals surface area contributed by atoms with Gasteiger partial charge in [-0.25, -0.2) is 13.1 Å². The summed E-state index contributed by atoms with van der Waals surface area (Å²) in [6.07, 6.45) is 0.525. The van der Waals surface area contributed by atoms with E-state index >= 15 is 0 Å². The van der Waals surface area contributed by atoms with Crippen LogP contribution in [0.25, 0.3) is 0 Å². The summed E-state index contributed by atoms with van der Waals surface area (Å²) in [5.74, 6) is 0. The van der Waals surface area contributed by atoms with Crippen LogP contribution < -0.4 is 9.62 Å². The van der Waals surface area contributed by atoms with E-state index in [0.717, 1.165) is 43.6 Å². The van der Waals surface area contributed by atoms with Gasteiger partial charge < -0.3 is 9.64 Å². The van der Waals surface area contributed by atoms with Gasteiger partial charge in [0.15, 0.2) is 0 Å². The summed E-state index contributed by atoms with van der Waals surface area (Å²) in [6, 6.07) is 13.0. The number of nitrogens with zero attached hydrogens (tertiary/aromatic N) is 2. The highest BCUT2D eigenvalue weighted by molar-refractivity contribution is 7.89. The Morgan fingerprint density at radius 3 is 2.48 bits per heavy atom. The fourth-order valence-corrected chi connectivity index (χ4v) is 3.94. The van der Waals surface area contributed by atoms with E-state index in [2.05, 4.69) is 9.62 Å². The van der Waals surface area contributed by atoms with Crippen molar-refractivity contribution in [2.75, 3.05) is 37.7 Å². The number of nitrogens with one attached hydrogen (secondary N) is 1. The molecule has 27 heavy (non-hydrogen) atoms. The molecule has 1 heterocycles. The van der Waals surface area contributed by atoms with E-state index in [-0.39, 0.29) is 17.1 Å². The van der Waals surface area contributed by atoms with Gasteiger partial charge in [-0.2, -0.15) is 0 Å². The lowest BCUT2D eigenvalue weighted by atomic mass is 10.1. The first-order valence-corrected chi connectivity index (χ1v) is 10.1. The molecule has 0 aromatic heterocycles. The Hall–Kier alpha value is -2.49. The van der Waals surface area contributed by atoms with E-state index in [1.807, 2.05) is 24.3 Å². The molecule has 8 nitrogen and oxygen atoms in total. The van der Waals surface area contributed by atoms with Crippen molar-refractivity contribution in [1.82, 2.24) is 4.72 Å². The minimum absolute atomic E-state index is 0.112. The zero-order valence-electron chi connectivity index (χ0n) is 14.7. The molecule has 2 aromatic carbocycles. The average Bonchev–Trinajstić information content (AvgIpc) is 2.69. The summed E-state index contributed by atoms with van der Waals surface area (Å²) in [6.45, 7) is 3.38. The van der Waals surface area contributed by atoms with Gasteiger partial charge in [-0.05, 0) is 30.2 Å². The summed E-state index contributed by atoms with van der Waals surface area (Å²) in [4.78, 5) is 12.3. The first-order chi connectivity index (χ1) is 13.0. The molecule has 144 valence electrons. The third-order valence-corrected chi connectivity index (χ3v) is 5.82. The summed E-state index contributed by atoms with van der Waals surface area (Å²) in [5.41, 5.74) is 1.88. The van der Waals surface area contributed by atoms with Gasteiger partial charge in [-0.15, -0.1) is 0 Å². The molecule has 1 saturated heterocycles. The molecular formula is C18H21N3O5S. The third kappa shape index (κ3) is 5.03. The molecule has 2 aromatic rings. The second-order valence-electron chi connectivity index (χ2n) is 6.17. The predicted octanol–water partition coefficient (Wildman–Crippen LogP) is 1.95. The molecule has 3 rings (SSSR count). The number of nitro benzene ring substituents is 1. The molecule has 1 fully saturated rings. The number of morpholine rings is 1. The summed E-state index contributed by atoms with van der Waals surface area (Å²) >= 11 is 0. The zero-order chi connectivity index (χ0) is 19.3. The highest BCUT2D eigenvalue weighted by atomic mass is 32.2. The fourth-order valence-electron chi connectivity index (χ4n) is 2.87. The third-order valence-electron chi connectivity index (χ3n) is 4.36. The van der Waals surface area contributed by atoms with Crippen molar-refractivity contribution in [2.24, 2.45) is 0 Å². The van der Waals surface area contributed by atoms with Crippen LogP contribution >= 0.6 is 0 Å². The van der Waals surface area contributed by atoms with E-state index in [0.29, 0.717) is 6.42 Å². The monoisotopic (exact) mass is 391 g/mol. The number of anilines is 1. The average molecular weight is 391 g/mol. The van der Waals surface area contributed by atoms with Crippen LogP contribution in [-0.2, 0) is 21.2 Å². The summed E-state index contributed by atoms with van der Waals surface area (Å²) in [7, 11) is -3.79. The van der Waals surface area contributed by atoms with Gasteiger partial charge in [0.05, 0.1) is 23.0 Å². The number of benzene rings is 2. The van der Waals surface area contributed by atoms with Crippen molar-refractivity contribution in [3.8, 4) is 0 Å². The molecule has 0 spiro atoms. The highest BCUT2D eigenvalue weighted by Crippen LogP contribution is 2.18. The number of ether oxygens (including phenoxy) is 1. The number of hydrogen-bond acceptors (Lipinski definition) is 6. The molecule has 1 aliphatic rings. The molecule has 0 unspecified atom stereocenters. The Bertz CT molecular complexity index is 893. The van der Waals surface area contributed by atoms with Crippen molar-refractivity contribution in [2.45, 2.75) is 11.3 Å². The normalized spacial score (nSPS) is 14.9. The molecule has 0 amide bonds. The van der Waals surface area contributed by atoms with E-state index < -0.39 is 14.9 Å². The van der Waals surface area contributed by atoms with Crippen molar-refractivity contribution in [3.63, 3.8) is 0 Å². The van der Waals surface area contributed by atoms with Crippen molar-refractivity contribution in [1.29, 1.82) is 0 Å². The number of nitro groups is 1. The lowest BCUT2D eigenvalue weighted by molar-refractivity contribution is -0.385. The van der Waals surface area contributed by atoms with Gasteiger partial charge in [0, 0.05) is 37.5 Å². The van der Waals surface area contributed by atoms with Crippen LogP contribution in [-0.4, -0.2) is 46.2 Å². The number of rotatable bonds is 7. The first kappa shape index (κ1) is 19.3. The Kier molecular flexibility index (Phi) is 6.04. The van der Waals surface area contributed by atoms with Crippen LogP contribution in [0.1, 0.15) is 5.56 Å². The zero-order valence-corrected chi connectivity index (χ0v) is 15.5. The van der Waals surface area contributed by atoms with Crippen LogP contribution in [0.15, 0.2) is 53.4 Å². The maximum atomic E-state index is 12.3. The molecule has 0 saturated carbocycles. The Morgan fingerprint density at radius 2 is 1.81 bits per heavy atom. The van der Waals surface area contributed by atoms with Crippen molar-refractivity contribution >= 4 is 21.4 Å². The summed E-state index contributed by atoms with van der Waals surface area (Å²) < 4.78 is 32.4. The standard InChI is InChI=1S/C18H21N3O5S/c22-21(23)17-2-1-3-18(14-17)27(24,25)19-9-8-15-4-6-16(7-5-15)20-10-12-26-13-11-20/h1-7,14,19H,8-13H2. The maximum absolute atomic E-state index is 12.3. The lowest BCUT2D eigenvalue weighted by Gasteiger charge is -2.28. The Balaban J connectivity index is 1.57. The minimum atomic E-state index is -3.79. The molecule has 0 radical (unpaired) electrons. The van der Waals surface area contributed by atoms with Gasteiger partial charge in [-0.1, -0.05) is 18.2 Å². The maximum Gasteiger partial charge on any atom is 0.270 e. The fraction of sp³-hybridized carbons (Fsp3) is 0.333. The molecule has 1 N–H and O–H groups in total. The topological polar surface area (TPSA) is 102 Å². The van der Waals surface area contributed by atoms with Gasteiger partial charge in [-0.3, -0.25) is 10.1 Å². The van der Waals surface area contributed by atoms with Gasteiger partial charge in [0.25, 0.3) is 5.69 Å². The second-order valence-corrected chi connectivity index (χ2v) is 7.94. The number of non-ortho nitro benzene ring substituents is 1. The lowest BCUT2D eigenvalue weighted by Crippen LogP contribution is -2.36. The second kappa shape index (κ2) is 8.47. The van der Waals surface area contributed by atoms with Crippen molar-refractivity contribution in [3.05, 3.63) is 64.2 Å². The van der Waals surface area contributed by atoms with E-state index in [1.165, 1.54) is 18.2 Å². The molecule has 0 atom stereocenters. The smallest absolute Gasteiger partial charge is 0.270 e. The largest absolute Gasteiger partial charge is 0.378 e. The predicted molar refractivity (Wildman–Crippen MR) is 101 cm³/mol. The SMILES string of the molecule is O=[N+]([O-])c1cccc(S(=O)(=O)NCCc2ccc(N3CCOCC3)cc2)c1. The van der Waals surface area contributed by atoms with Gasteiger partial charge in [0.1, 0.15) is 0 Å². The first-order valence-electron chi connectivity index (χ1n) is 8.61. The Morgan fingerprint density at radius 1 is 1.11 bits per heavy atom. The molecular weight excluding hydrogens is 370 g/mol. The van der Waals surface area contributed by atoms with Crippen LogP contribution in [0.3, 0.4) is 0 Å². The molecule has 0 aliphatic carbocycles. The van der Waals surface area contributed by atoms with Gasteiger partial charge >= 0.3 is 0 Å². The minimum Gasteiger partial charge on any atom is -0.378 e.